The second-order valence-corrected chi connectivity index (χ2v) is 5.91. The summed E-state index contributed by atoms with van der Waals surface area (Å²) >= 11 is 6.01. The Bertz CT molecular complexity index is 740. The lowest BCUT2D eigenvalue weighted by molar-refractivity contribution is -0.124. The van der Waals surface area contributed by atoms with Gasteiger partial charge in [-0.05, 0) is 49.2 Å². The van der Waals surface area contributed by atoms with Crippen LogP contribution in [0, 0.1) is 0 Å². The van der Waals surface area contributed by atoms with E-state index in [2.05, 4.69) is 10.6 Å². The van der Waals surface area contributed by atoms with Gasteiger partial charge in [-0.15, -0.1) is 0 Å². The highest BCUT2D eigenvalue weighted by atomic mass is 35.5. The number of halogens is 1. The number of hydrogen-bond acceptors (Lipinski definition) is 3. The van der Waals surface area contributed by atoms with Crippen LogP contribution in [-0.4, -0.2) is 24.5 Å². The van der Waals surface area contributed by atoms with E-state index in [1.54, 1.807) is 48.5 Å². The molecule has 1 fully saturated rings. The van der Waals surface area contributed by atoms with Gasteiger partial charge in [0.1, 0.15) is 6.10 Å². The molecule has 1 aliphatic rings. The van der Waals surface area contributed by atoms with Crippen LogP contribution in [0.25, 0.3) is 0 Å². The maximum atomic E-state index is 12.2. The average molecular weight is 345 g/mol. The zero-order chi connectivity index (χ0) is 16.9. The first-order valence-electron chi connectivity index (χ1n) is 7.72. The van der Waals surface area contributed by atoms with E-state index >= 15 is 0 Å². The third-order valence-electron chi connectivity index (χ3n) is 3.75. The van der Waals surface area contributed by atoms with Crippen LogP contribution in [0.2, 0.25) is 5.02 Å². The Morgan fingerprint density at radius 3 is 2.29 bits per heavy atom. The summed E-state index contributed by atoms with van der Waals surface area (Å²) in [4.78, 5) is 24.2. The number of rotatable bonds is 4. The van der Waals surface area contributed by atoms with Crippen molar-refractivity contribution < 1.29 is 14.3 Å². The molecule has 124 valence electrons. The molecule has 2 amide bonds. The van der Waals surface area contributed by atoms with Crippen molar-refractivity contribution in [2.75, 3.05) is 17.2 Å². The molecule has 1 saturated heterocycles. The van der Waals surface area contributed by atoms with Crippen LogP contribution in [-0.2, 0) is 9.53 Å². The summed E-state index contributed by atoms with van der Waals surface area (Å²) in [5.74, 6) is -0.419. The highest BCUT2D eigenvalue weighted by Crippen LogP contribution is 2.20. The van der Waals surface area contributed by atoms with Crippen LogP contribution < -0.4 is 10.6 Å². The van der Waals surface area contributed by atoms with Crippen molar-refractivity contribution in [3.05, 3.63) is 59.1 Å². The van der Waals surface area contributed by atoms with Crippen molar-refractivity contribution in [2.24, 2.45) is 0 Å². The van der Waals surface area contributed by atoms with Gasteiger partial charge in [0.25, 0.3) is 11.8 Å². The zero-order valence-corrected chi connectivity index (χ0v) is 13.7. The minimum Gasteiger partial charge on any atom is -0.368 e. The predicted octanol–water partition coefficient (Wildman–Crippen LogP) is 3.71. The van der Waals surface area contributed by atoms with E-state index in [9.17, 15) is 9.59 Å². The molecule has 0 aliphatic carbocycles. The first kappa shape index (κ1) is 16.5. The molecule has 3 rings (SSSR count). The van der Waals surface area contributed by atoms with E-state index in [1.807, 2.05) is 0 Å². The van der Waals surface area contributed by atoms with Crippen molar-refractivity contribution in [2.45, 2.75) is 18.9 Å². The van der Waals surface area contributed by atoms with Crippen molar-refractivity contribution in [1.82, 2.24) is 0 Å². The van der Waals surface area contributed by atoms with Gasteiger partial charge in [0.05, 0.1) is 10.6 Å². The first-order valence-corrected chi connectivity index (χ1v) is 8.10. The smallest absolute Gasteiger partial charge is 0.257 e. The van der Waals surface area contributed by atoms with E-state index < -0.39 is 0 Å². The second-order valence-electron chi connectivity index (χ2n) is 5.50. The third-order valence-corrected chi connectivity index (χ3v) is 4.08. The van der Waals surface area contributed by atoms with Crippen LogP contribution in [0.15, 0.2) is 48.5 Å². The number of anilines is 2. The molecular formula is C18H17ClN2O3. The molecule has 2 aromatic rings. The average Bonchev–Trinajstić information content (AvgIpc) is 3.11. The lowest BCUT2D eigenvalue weighted by Crippen LogP contribution is -2.26. The van der Waals surface area contributed by atoms with Gasteiger partial charge in [0.2, 0.25) is 0 Å². The quantitative estimate of drug-likeness (QED) is 0.888. The fraction of sp³-hybridized carbons (Fsp3) is 0.222. The molecule has 0 saturated carbocycles. The molecule has 1 aliphatic heterocycles. The summed E-state index contributed by atoms with van der Waals surface area (Å²) in [7, 11) is 0. The monoisotopic (exact) mass is 344 g/mol. The summed E-state index contributed by atoms with van der Waals surface area (Å²) in [6, 6.07) is 13.8. The van der Waals surface area contributed by atoms with Gasteiger partial charge in [0, 0.05) is 18.0 Å². The fourth-order valence-electron chi connectivity index (χ4n) is 2.49. The van der Waals surface area contributed by atoms with Crippen molar-refractivity contribution >= 4 is 34.8 Å². The third kappa shape index (κ3) is 3.93. The lowest BCUT2D eigenvalue weighted by Gasteiger charge is -2.11. The van der Waals surface area contributed by atoms with Crippen molar-refractivity contribution in [3.8, 4) is 0 Å². The molecule has 24 heavy (non-hydrogen) atoms. The first-order chi connectivity index (χ1) is 11.6. The van der Waals surface area contributed by atoms with Crippen LogP contribution in [0.1, 0.15) is 23.2 Å². The van der Waals surface area contributed by atoms with Gasteiger partial charge in [-0.25, -0.2) is 0 Å². The van der Waals surface area contributed by atoms with E-state index in [4.69, 9.17) is 16.3 Å². The topological polar surface area (TPSA) is 67.4 Å². The molecule has 1 heterocycles. The second kappa shape index (κ2) is 7.47. The van der Waals surface area contributed by atoms with E-state index in [0.29, 0.717) is 28.6 Å². The summed E-state index contributed by atoms with van der Waals surface area (Å²) in [6.45, 7) is 0.630. The van der Waals surface area contributed by atoms with E-state index in [1.165, 1.54) is 0 Å². The molecule has 0 bridgehead atoms. The standard InChI is InChI=1S/C18H17ClN2O3/c19-15-5-2-1-4-14(15)17(22)20-12-7-9-13(10-8-12)21-18(23)16-6-3-11-24-16/h1-2,4-5,7-10,16H,3,6,11H2,(H,20,22)(H,21,23). The number of benzene rings is 2. The van der Waals surface area contributed by atoms with E-state index in [0.717, 1.165) is 12.8 Å². The number of carbonyl (C=O) groups excluding carboxylic acids is 2. The summed E-state index contributed by atoms with van der Waals surface area (Å²) in [6.07, 6.45) is 1.28. The minimum atomic E-state index is -0.371. The molecule has 0 spiro atoms. The molecule has 5 nitrogen and oxygen atoms in total. The van der Waals surface area contributed by atoms with Gasteiger partial charge in [-0.3, -0.25) is 9.59 Å². The van der Waals surface area contributed by atoms with Crippen LogP contribution in [0.3, 0.4) is 0 Å². The lowest BCUT2D eigenvalue weighted by atomic mass is 10.2. The van der Waals surface area contributed by atoms with Crippen LogP contribution >= 0.6 is 11.6 Å². The molecule has 2 aromatic carbocycles. The maximum Gasteiger partial charge on any atom is 0.257 e. The van der Waals surface area contributed by atoms with Crippen LogP contribution in [0.5, 0.6) is 0 Å². The normalized spacial score (nSPS) is 16.6. The van der Waals surface area contributed by atoms with Crippen LogP contribution in [0.4, 0.5) is 11.4 Å². The Morgan fingerprint density at radius 1 is 1.00 bits per heavy atom. The Morgan fingerprint density at radius 2 is 1.67 bits per heavy atom. The van der Waals surface area contributed by atoms with Gasteiger partial charge in [-0.1, -0.05) is 23.7 Å². The number of ether oxygens (including phenoxy) is 1. The largest absolute Gasteiger partial charge is 0.368 e. The Kier molecular flexibility index (Phi) is 5.13. The molecule has 6 heteroatoms. The summed E-state index contributed by atoms with van der Waals surface area (Å²) in [5.41, 5.74) is 1.69. The van der Waals surface area contributed by atoms with Gasteiger partial charge < -0.3 is 15.4 Å². The summed E-state index contributed by atoms with van der Waals surface area (Å²) < 4.78 is 5.34. The number of amides is 2. The molecular weight excluding hydrogens is 328 g/mol. The van der Waals surface area contributed by atoms with Gasteiger partial charge in [0.15, 0.2) is 0 Å². The molecule has 1 unspecified atom stereocenters. The highest BCUT2D eigenvalue weighted by molar-refractivity contribution is 6.34. The van der Waals surface area contributed by atoms with Crippen molar-refractivity contribution in [1.29, 1.82) is 0 Å². The Hall–Kier alpha value is -2.37. The highest BCUT2D eigenvalue weighted by Gasteiger charge is 2.23. The molecule has 2 N–H and O–H groups in total. The molecule has 0 aromatic heterocycles. The Balaban J connectivity index is 1.61. The Labute approximate surface area is 145 Å². The zero-order valence-electron chi connectivity index (χ0n) is 12.9. The number of carbonyl (C=O) groups is 2. The van der Waals surface area contributed by atoms with E-state index in [-0.39, 0.29) is 17.9 Å². The SMILES string of the molecule is O=C(Nc1ccc(NC(=O)C2CCCO2)cc1)c1ccccc1Cl. The molecule has 0 radical (unpaired) electrons. The van der Waals surface area contributed by atoms with Gasteiger partial charge >= 0.3 is 0 Å². The maximum absolute atomic E-state index is 12.2. The van der Waals surface area contributed by atoms with Gasteiger partial charge in [-0.2, -0.15) is 0 Å². The fourth-order valence-corrected chi connectivity index (χ4v) is 2.71. The minimum absolute atomic E-state index is 0.139. The number of nitrogens with one attached hydrogen (secondary N) is 2. The van der Waals surface area contributed by atoms with Crippen molar-refractivity contribution in [3.63, 3.8) is 0 Å². The molecule has 1 atom stereocenters. The summed E-state index contributed by atoms with van der Waals surface area (Å²) in [5, 5.41) is 5.98. The predicted molar refractivity (Wildman–Crippen MR) is 93.5 cm³/mol. The number of hydrogen-bond donors (Lipinski definition) is 2.